The molecular formula is C23H27N3O3S. The zero-order valence-corrected chi connectivity index (χ0v) is 18.6. The van der Waals surface area contributed by atoms with Gasteiger partial charge in [0, 0.05) is 30.6 Å². The fourth-order valence-electron chi connectivity index (χ4n) is 3.66. The van der Waals surface area contributed by atoms with Gasteiger partial charge in [-0.05, 0) is 44.0 Å². The van der Waals surface area contributed by atoms with Gasteiger partial charge in [0.2, 0.25) is 17.7 Å². The third kappa shape index (κ3) is 5.02. The van der Waals surface area contributed by atoms with E-state index >= 15 is 0 Å². The highest BCUT2D eigenvalue weighted by Crippen LogP contribution is 2.34. The molecule has 2 aromatic rings. The highest BCUT2D eigenvalue weighted by atomic mass is 32.2. The van der Waals surface area contributed by atoms with E-state index in [9.17, 15) is 14.4 Å². The number of hydrogen-bond donors (Lipinski definition) is 1. The molecule has 1 aliphatic heterocycles. The van der Waals surface area contributed by atoms with E-state index in [4.69, 9.17) is 0 Å². The van der Waals surface area contributed by atoms with Gasteiger partial charge in [-0.3, -0.25) is 14.4 Å². The summed E-state index contributed by atoms with van der Waals surface area (Å²) in [5.41, 5.74) is 4.77. The van der Waals surface area contributed by atoms with Crippen molar-refractivity contribution < 1.29 is 14.4 Å². The molecule has 0 aliphatic carbocycles. The Hall–Kier alpha value is -2.80. The van der Waals surface area contributed by atoms with Crippen LogP contribution in [0.25, 0.3) is 0 Å². The van der Waals surface area contributed by atoms with Crippen molar-refractivity contribution in [2.24, 2.45) is 0 Å². The summed E-state index contributed by atoms with van der Waals surface area (Å²) in [6.45, 7) is 6.19. The van der Waals surface area contributed by atoms with Gasteiger partial charge in [-0.2, -0.15) is 0 Å². The number of carbonyl (C=O) groups is 3. The minimum absolute atomic E-state index is 0.00258. The van der Waals surface area contributed by atoms with Gasteiger partial charge in [0.1, 0.15) is 0 Å². The lowest BCUT2D eigenvalue weighted by Gasteiger charge is -2.29. The lowest BCUT2D eigenvalue weighted by molar-refractivity contribution is -0.133. The molecule has 158 valence electrons. The largest absolute Gasteiger partial charge is 0.336 e. The summed E-state index contributed by atoms with van der Waals surface area (Å²) < 4.78 is 0. The van der Waals surface area contributed by atoms with E-state index in [0.717, 1.165) is 33.0 Å². The molecule has 7 heteroatoms. The number of carbonyl (C=O) groups excluding carboxylic acids is 3. The smallest absolute Gasteiger partial charge is 0.243 e. The van der Waals surface area contributed by atoms with Gasteiger partial charge in [0.05, 0.1) is 18.0 Å². The third-order valence-corrected chi connectivity index (χ3v) is 6.15. The second kappa shape index (κ2) is 9.34. The molecule has 0 saturated heterocycles. The Balaban J connectivity index is 1.56. The first-order valence-corrected chi connectivity index (χ1v) is 10.9. The fourth-order valence-corrected chi connectivity index (χ4v) is 4.59. The number of anilines is 2. The van der Waals surface area contributed by atoms with Crippen LogP contribution in [0.3, 0.4) is 0 Å². The van der Waals surface area contributed by atoms with E-state index in [1.165, 1.54) is 16.7 Å². The van der Waals surface area contributed by atoms with Crippen LogP contribution in [-0.2, 0) is 14.4 Å². The summed E-state index contributed by atoms with van der Waals surface area (Å²) in [7, 11) is 1.61. The van der Waals surface area contributed by atoms with Gasteiger partial charge in [0.15, 0.2) is 0 Å². The molecule has 1 heterocycles. The molecule has 0 bridgehead atoms. The Labute approximate surface area is 181 Å². The number of thioether (sulfide) groups is 1. The normalized spacial score (nSPS) is 13.1. The predicted octanol–water partition coefficient (Wildman–Crippen LogP) is 3.54. The molecule has 30 heavy (non-hydrogen) atoms. The highest BCUT2D eigenvalue weighted by Gasteiger charge is 2.25. The Morgan fingerprint density at radius 1 is 1.13 bits per heavy atom. The first-order valence-electron chi connectivity index (χ1n) is 9.90. The SMILES string of the molecule is Cc1cc(C)c(NC(=O)CN(C)C(=O)CCN2C(=O)CSc3ccccc32)c(C)c1. The molecule has 0 spiro atoms. The number of aryl methyl sites for hydroxylation is 3. The molecule has 0 fully saturated rings. The standard InChI is InChI=1S/C23H27N3O3S/c1-15-11-16(2)23(17(3)12-15)24-20(27)13-25(4)21(28)9-10-26-18-7-5-6-8-19(18)30-14-22(26)29/h5-8,11-12H,9-10,13-14H2,1-4H3,(H,24,27). The van der Waals surface area contributed by atoms with Gasteiger partial charge >= 0.3 is 0 Å². The van der Waals surface area contributed by atoms with Crippen molar-refractivity contribution in [1.82, 2.24) is 4.90 Å². The molecule has 3 rings (SSSR count). The maximum Gasteiger partial charge on any atom is 0.243 e. The van der Waals surface area contributed by atoms with Crippen LogP contribution in [0.4, 0.5) is 11.4 Å². The predicted molar refractivity (Wildman–Crippen MR) is 121 cm³/mol. The second-order valence-electron chi connectivity index (χ2n) is 7.62. The number of rotatable bonds is 6. The van der Waals surface area contributed by atoms with Crippen molar-refractivity contribution in [3.05, 3.63) is 53.1 Å². The molecule has 3 amide bonds. The third-order valence-electron chi connectivity index (χ3n) is 5.11. The second-order valence-corrected chi connectivity index (χ2v) is 8.64. The Morgan fingerprint density at radius 3 is 2.50 bits per heavy atom. The molecule has 0 aromatic heterocycles. The van der Waals surface area contributed by atoms with E-state index in [0.29, 0.717) is 12.3 Å². The molecule has 1 N–H and O–H groups in total. The number of hydrogen-bond acceptors (Lipinski definition) is 4. The van der Waals surface area contributed by atoms with E-state index in [-0.39, 0.29) is 30.7 Å². The lowest BCUT2D eigenvalue weighted by atomic mass is 10.1. The molecule has 2 aromatic carbocycles. The Kier molecular flexibility index (Phi) is 6.82. The summed E-state index contributed by atoms with van der Waals surface area (Å²) in [4.78, 5) is 41.5. The summed E-state index contributed by atoms with van der Waals surface area (Å²) in [6, 6.07) is 11.7. The van der Waals surface area contributed by atoms with Crippen LogP contribution < -0.4 is 10.2 Å². The quantitative estimate of drug-likeness (QED) is 0.769. The Morgan fingerprint density at radius 2 is 1.80 bits per heavy atom. The molecule has 1 aliphatic rings. The minimum Gasteiger partial charge on any atom is -0.336 e. The number of fused-ring (bicyclic) bond motifs is 1. The van der Waals surface area contributed by atoms with Gasteiger partial charge in [-0.25, -0.2) is 0 Å². The van der Waals surface area contributed by atoms with Crippen LogP contribution in [0.1, 0.15) is 23.1 Å². The number of amides is 3. The summed E-state index contributed by atoms with van der Waals surface area (Å²) in [6.07, 6.45) is 0.164. The van der Waals surface area contributed by atoms with Gasteiger partial charge < -0.3 is 15.1 Å². The van der Waals surface area contributed by atoms with Crippen molar-refractivity contribution >= 4 is 40.9 Å². The zero-order chi connectivity index (χ0) is 21.8. The van der Waals surface area contributed by atoms with Crippen molar-refractivity contribution in [2.75, 3.05) is 36.1 Å². The van der Waals surface area contributed by atoms with E-state index in [1.54, 1.807) is 11.9 Å². The number of para-hydroxylation sites is 1. The number of likely N-dealkylation sites (N-methyl/N-ethyl adjacent to an activating group) is 1. The van der Waals surface area contributed by atoms with E-state index in [2.05, 4.69) is 5.32 Å². The Bertz CT molecular complexity index is 966. The average Bonchev–Trinajstić information content (AvgIpc) is 2.69. The number of benzene rings is 2. The van der Waals surface area contributed by atoms with Crippen LogP contribution in [0.2, 0.25) is 0 Å². The average molecular weight is 426 g/mol. The fraction of sp³-hybridized carbons (Fsp3) is 0.348. The van der Waals surface area contributed by atoms with Crippen LogP contribution >= 0.6 is 11.8 Å². The highest BCUT2D eigenvalue weighted by molar-refractivity contribution is 8.00. The first-order chi connectivity index (χ1) is 14.3. The minimum atomic E-state index is -0.239. The van der Waals surface area contributed by atoms with Gasteiger partial charge in [-0.15, -0.1) is 11.8 Å². The molecule has 0 radical (unpaired) electrons. The first kappa shape index (κ1) is 21.9. The monoisotopic (exact) mass is 425 g/mol. The van der Waals surface area contributed by atoms with E-state index < -0.39 is 0 Å². The summed E-state index contributed by atoms with van der Waals surface area (Å²) in [5.74, 6) is -0.0430. The summed E-state index contributed by atoms with van der Waals surface area (Å²) in [5, 5.41) is 2.92. The molecular weight excluding hydrogens is 398 g/mol. The van der Waals surface area contributed by atoms with Crippen molar-refractivity contribution in [3.63, 3.8) is 0 Å². The van der Waals surface area contributed by atoms with Crippen LogP contribution in [0, 0.1) is 20.8 Å². The zero-order valence-electron chi connectivity index (χ0n) is 17.8. The van der Waals surface area contributed by atoms with Crippen LogP contribution in [0.15, 0.2) is 41.3 Å². The maximum atomic E-state index is 12.6. The molecule has 0 unspecified atom stereocenters. The van der Waals surface area contributed by atoms with Crippen LogP contribution in [-0.4, -0.2) is 48.5 Å². The van der Waals surface area contributed by atoms with E-state index in [1.807, 2.05) is 57.2 Å². The maximum absolute atomic E-state index is 12.6. The van der Waals surface area contributed by atoms with Crippen molar-refractivity contribution in [2.45, 2.75) is 32.1 Å². The molecule has 6 nitrogen and oxygen atoms in total. The molecule has 0 saturated carbocycles. The number of nitrogens with one attached hydrogen (secondary N) is 1. The number of nitrogens with zero attached hydrogens (tertiary/aromatic N) is 2. The topological polar surface area (TPSA) is 69.7 Å². The molecule has 0 atom stereocenters. The van der Waals surface area contributed by atoms with Gasteiger partial charge in [-0.1, -0.05) is 29.8 Å². The van der Waals surface area contributed by atoms with Crippen molar-refractivity contribution in [1.29, 1.82) is 0 Å². The van der Waals surface area contributed by atoms with Gasteiger partial charge in [0.25, 0.3) is 0 Å². The lowest BCUT2D eigenvalue weighted by Crippen LogP contribution is -2.40. The summed E-state index contributed by atoms with van der Waals surface area (Å²) >= 11 is 1.51. The van der Waals surface area contributed by atoms with Crippen LogP contribution in [0.5, 0.6) is 0 Å². The van der Waals surface area contributed by atoms with Crippen molar-refractivity contribution in [3.8, 4) is 0 Å².